The molecule has 0 aliphatic rings. The second-order valence-corrected chi connectivity index (χ2v) is 5.38. The zero-order chi connectivity index (χ0) is 13.4. The Balaban J connectivity index is 2.73. The molecule has 0 radical (unpaired) electrons. The third-order valence-electron chi connectivity index (χ3n) is 2.89. The normalized spacial score (nSPS) is 14.2. The van der Waals surface area contributed by atoms with Crippen molar-refractivity contribution in [2.24, 2.45) is 5.73 Å². The molecule has 0 saturated heterocycles. The first-order chi connectivity index (χ1) is 8.72. The van der Waals surface area contributed by atoms with Crippen LogP contribution < -0.4 is 10.5 Å². The summed E-state index contributed by atoms with van der Waals surface area (Å²) in [6, 6.07) is 8.33. The van der Waals surface area contributed by atoms with Gasteiger partial charge in [0.25, 0.3) is 0 Å². The number of ether oxygens (including phenoxy) is 2. The van der Waals surface area contributed by atoms with E-state index in [1.165, 1.54) is 5.56 Å². The van der Waals surface area contributed by atoms with Crippen molar-refractivity contribution in [2.45, 2.75) is 24.6 Å². The predicted molar refractivity (Wildman–Crippen MR) is 78.3 cm³/mol. The van der Waals surface area contributed by atoms with Crippen LogP contribution in [0.15, 0.2) is 24.3 Å². The second kappa shape index (κ2) is 8.40. The number of methoxy groups -OCH3 is 2. The summed E-state index contributed by atoms with van der Waals surface area (Å²) >= 11 is 1.85. The molecule has 0 amide bonds. The summed E-state index contributed by atoms with van der Waals surface area (Å²) in [6.07, 6.45) is 0.969. The van der Waals surface area contributed by atoms with Crippen molar-refractivity contribution < 1.29 is 9.47 Å². The van der Waals surface area contributed by atoms with E-state index in [-0.39, 0.29) is 6.04 Å². The maximum absolute atomic E-state index is 6.21. The van der Waals surface area contributed by atoms with Crippen LogP contribution in [0.4, 0.5) is 0 Å². The molecule has 0 fully saturated rings. The van der Waals surface area contributed by atoms with Gasteiger partial charge in [0, 0.05) is 24.2 Å². The number of hydrogen-bond acceptors (Lipinski definition) is 4. The summed E-state index contributed by atoms with van der Waals surface area (Å²) in [5, 5.41) is 0.316. The molecule has 1 aromatic rings. The van der Waals surface area contributed by atoms with Gasteiger partial charge < -0.3 is 15.2 Å². The van der Waals surface area contributed by atoms with Crippen molar-refractivity contribution in [3.8, 4) is 5.75 Å². The van der Waals surface area contributed by atoms with E-state index in [4.69, 9.17) is 15.2 Å². The van der Waals surface area contributed by atoms with Crippen molar-refractivity contribution in [1.29, 1.82) is 0 Å². The van der Waals surface area contributed by atoms with Gasteiger partial charge in [-0.2, -0.15) is 0 Å². The minimum absolute atomic E-state index is 0.167. The van der Waals surface area contributed by atoms with Crippen molar-refractivity contribution >= 4 is 11.8 Å². The Morgan fingerprint density at radius 2 is 1.89 bits per heavy atom. The first-order valence-corrected chi connectivity index (χ1v) is 7.27. The van der Waals surface area contributed by atoms with Gasteiger partial charge in [-0.1, -0.05) is 19.1 Å². The maximum atomic E-state index is 6.21. The van der Waals surface area contributed by atoms with Crippen LogP contribution in [0, 0.1) is 0 Å². The fourth-order valence-electron chi connectivity index (χ4n) is 1.73. The molecule has 0 saturated carbocycles. The van der Waals surface area contributed by atoms with Gasteiger partial charge in [-0.25, -0.2) is 0 Å². The zero-order valence-electron chi connectivity index (χ0n) is 11.4. The van der Waals surface area contributed by atoms with Crippen LogP contribution in [0.3, 0.4) is 0 Å². The summed E-state index contributed by atoms with van der Waals surface area (Å²) < 4.78 is 10.3. The lowest BCUT2D eigenvalue weighted by molar-refractivity contribution is 0.218. The zero-order valence-corrected chi connectivity index (χ0v) is 12.2. The molecule has 0 spiro atoms. The monoisotopic (exact) mass is 269 g/mol. The Morgan fingerprint density at radius 1 is 1.22 bits per heavy atom. The topological polar surface area (TPSA) is 44.5 Å². The first kappa shape index (κ1) is 15.3. The van der Waals surface area contributed by atoms with Gasteiger partial charge in [-0.3, -0.25) is 0 Å². The van der Waals surface area contributed by atoms with Gasteiger partial charge >= 0.3 is 0 Å². The number of thioether (sulfide) groups is 1. The van der Waals surface area contributed by atoms with Crippen LogP contribution in [-0.4, -0.2) is 32.6 Å². The van der Waals surface area contributed by atoms with Crippen LogP contribution in [0.5, 0.6) is 5.75 Å². The number of benzene rings is 1. The fraction of sp³-hybridized carbons (Fsp3) is 0.571. The third-order valence-corrected chi connectivity index (χ3v) is 4.27. The van der Waals surface area contributed by atoms with E-state index in [1.54, 1.807) is 14.2 Å². The Morgan fingerprint density at radius 3 is 2.39 bits per heavy atom. The number of hydrogen-bond donors (Lipinski definition) is 1. The molecule has 0 bridgehead atoms. The average molecular weight is 269 g/mol. The highest BCUT2D eigenvalue weighted by molar-refractivity contribution is 7.99. The van der Waals surface area contributed by atoms with E-state index in [1.807, 2.05) is 23.9 Å². The van der Waals surface area contributed by atoms with Crippen LogP contribution in [-0.2, 0) is 4.74 Å². The van der Waals surface area contributed by atoms with Crippen molar-refractivity contribution in [3.63, 3.8) is 0 Å². The largest absolute Gasteiger partial charge is 0.497 e. The van der Waals surface area contributed by atoms with Gasteiger partial charge in [0.1, 0.15) is 5.75 Å². The van der Waals surface area contributed by atoms with E-state index in [9.17, 15) is 0 Å². The van der Waals surface area contributed by atoms with Crippen LogP contribution in [0.1, 0.15) is 24.2 Å². The third kappa shape index (κ3) is 4.52. The maximum Gasteiger partial charge on any atom is 0.118 e. The molecule has 0 aliphatic carbocycles. The molecule has 2 atom stereocenters. The SMILES string of the molecule is CCC(N)C(SCCOC)c1ccc(OC)cc1. The Bertz CT molecular complexity index is 329. The summed E-state index contributed by atoms with van der Waals surface area (Å²) in [6.45, 7) is 2.88. The van der Waals surface area contributed by atoms with E-state index < -0.39 is 0 Å². The molecule has 0 heterocycles. The predicted octanol–water partition coefficient (Wildman–Crippen LogP) is 2.85. The minimum atomic E-state index is 0.167. The van der Waals surface area contributed by atoms with E-state index in [0.29, 0.717) is 5.25 Å². The average Bonchev–Trinajstić information content (AvgIpc) is 2.43. The Labute approximate surface area is 114 Å². The van der Waals surface area contributed by atoms with Gasteiger partial charge in [0.05, 0.1) is 13.7 Å². The molecule has 0 aliphatic heterocycles. The highest BCUT2D eigenvalue weighted by atomic mass is 32.2. The van der Waals surface area contributed by atoms with Crippen molar-refractivity contribution in [3.05, 3.63) is 29.8 Å². The van der Waals surface area contributed by atoms with Crippen LogP contribution in [0.2, 0.25) is 0 Å². The molecule has 2 N–H and O–H groups in total. The van der Waals surface area contributed by atoms with E-state index >= 15 is 0 Å². The summed E-state index contributed by atoms with van der Waals surface area (Å²) in [5.41, 5.74) is 7.46. The Kier molecular flexibility index (Phi) is 7.16. The van der Waals surface area contributed by atoms with Gasteiger partial charge in [0.15, 0.2) is 0 Å². The quantitative estimate of drug-likeness (QED) is 0.737. The van der Waals surface area contributed by atoms with Gasteiger partial charge in [0.2, 0.25) is 0 Å². The molecule has 4 heteroatoms. The Hall–Kier alpha value is -0.710. The molecule has 102 valence electrons. The van der Waals surface area contributed by atoms with E-state index in [0.717, 1.165) is 24.5 Å². The fourth-order valence-corrected chi connectivity index (χ4v) is 3.04. The lowest BCUT2D eigenvalue weighted by Crippen LogP contribution is -2.26. The molecule has 1 aromatic carbocycles. The molecule has 3 nitrogen and oxygen atoms in total. The van der Waals surface area contributed by atoms with Gasteiger partial charge in [-0.15, -0.1) is 11.8 Å². The van der Waals surface area contributed by atoms with Crippen molar-refractivity contribution in [1.82, 2.24) is 0 Å². The molecule has 1 rings (SSSR count). The van der Waals surface area contributed by atoms with Gasteiger partial charge in [-0.05, 0) is 24.1 Å². The minimum Gasteiger partial charge on any atom is -0.497 e. The highest BCUT2D eigenvalue weighted by Gasteiger charge is 2.18. The smallest absolute Gasteiger partial charge is 0.118 e. The molecule has 2 unspecified atom stereocenters. The summed E-state index contributed by atoms with van der Waals surface area (Å²) in [7, 11) is 3.40. The van der Waals surface area contributed by atoms with Crippen LogP contribution >= 0.6 is 11.8 Å². The summed E-state index contributed by atoms with van der Waals surface area (Å²) in [4.78, 5) is 0. The molecule has 18 heavy (non-hydrogen) atoms. The lowest BCUT2D eigenvalue weighted by atomic mass is 10.0. The number of nitrogens with two attached hydrogens (primary N) is 1. The molecular weight excluding hydrogens is 246 g/mol. The first-order valence-electron chi connectivity index (χ1n) is 6.23. The van der Waals surface area contributed by atoms with Crippen molar-refractivity contribution in [2.75, 3.05) is 26.6 Å². The lowest BCUT2D eigenvalue weighted by Gasteiger charge is -2.23. The van der Waals surface area contributed by atoms with E-state index in [2.05, 4.69) is 19.1 Å². The molecule has 0 aromatic heterocycles. The summed E-state index contributed by atoms with van der Waals surface area (Å²) in [5.74, 6) is 1.84. The standard InChI is InChI=1S/C14H23NO2S/c1-4-13(15)14(18-10-9-16-2)11-5-7-12(17-3)8-6-11/h5-8,13-14H,4,9-10,15H2,1-3H3. The molecular formula is C14H23NO2S. The highest BCUT2D eigenvalue weighted by Crippen LogP contribution is 2.33. The van der Waals surface area contributed by atoms with Crippen LogP contribution in [0.25, 0.3) is 0 Å². The number of rotatable bonds is 8. The second-order valence-electron chi connectivity index (χ2n) is 4.13.